The second-order valence-corrected chi connectivity index (χ2v) is 3.38. The molecule has 1 unspecified atom stereocenters. The van der Waals surface area contributed by atoms with E-state index in [-0.39, 0.29) is 24.9 Å². The van der Waals surface area contributed by atoms with E-state index in [0.29, 0.717) is 0 Å². The van der Waals surface area contributed by atoms with Gasteiger partial charge in [-0.25, -0.2) is 8.78 Å². The molecule has 3 N–H and O–H groups in total. The minimum Gasteiger partial charge on any atom is -0.358 e. The van der Waals surface area contributed by atoms with E-state index >= 15 is 0 Å². The van der Waals surface area contributed by atoms with Gasteiger partial charge in [0.2, 0.25) is 11.8 Å². The molecule has 1 saturated heterocycles. The summed E-state index contributed by atoms with van der Waals surface area (Å²) in [5.74, 6) is -3.78. The molecule has 1 heterocycles. The molecule has 1 atom stereocenters. The lowest BCUT2D eigenvalue weighted by Gasteiger charge is -2.10. The Bertz CT molecular complexity index is 276. The molecule has 0 saturated carbocycles. The highest BCUT2D eigenvalue weighted by Gasteiger charge is 2.42. The normalized spacial score (nSPS) is 22.1. The van der Waals surface area contributed by atoms with Crippen molar-refractivity contribution in [3.63, 3.8) is 0 Å². The molecule has 0 radical (unpaired) electrons. The van der Waals surface area contributed by atoms with Crippen molar-refractivity contribution < 1.29 is 18.4 Å². The maximum absolute atomic E-state index is 12.7. The Morgan fingerprint density at radius 1 is 1.50 bits per heavy atom. The summed E-state index contributed by atoms with van der Waals surface area (Å²) in [6.45, 7) is -0.690. The van der Waals surface area contributed by atoms with Gasteiger partial charge >= 0.3 is 0 Å². The summed E-state index contributed by atoms with van der Waals surface area (Å²) in [6.07, 6.45) is -0.521. The molecular weight excluding hydrogens is 244 g/mol. The number of alkyl halides is 2. The van der Waals surface area contributed by atoms with Crippen LogP contribution < -0.4 is 16.0 Å². The molecule has 0 aliphatic carbocycles. The first-order valence-electron chi connectivity index (χ1n) is 4.54. The zero-order valence-electron chi connectivity index (χ0n) is 8.68. The maximum Gasteiger partial charge on any atom is 0.262 e. The Kier molecular flexibility index (Phi) is 5.60. The van der Waals surface area contributed by atoms with Crippen molar-refractivity contribution in [1.82, 2.24) is 16.0 Å². The summed E-state index contributed by atoms with van der Waals surface area (Å²) in [7, 11) is 1.43. The Hall–Kier alpha value is -0.950. The number of hydrogen-bond donors (Lipinski definition) is 3. The summed E-state index contributed by atoms with van der Waals surface area (Å²) in [6, 6.07) is -0.912. The van der Waals surface area contributed by atoms with Gasteiger partial charge in [0.05, 0.1) is 19.1 Å². The highest BCUT2D eigenvalue weighted by atomic mass is 35.5. The van der Waals surface area contributed by atoms with Crippen LogP contribution in [-0.2, 0) is 9.59 Å². The molecule has 94 valence electrons. The van der Waals surface area contributed by atoms with Crippen LogP contribution in [0.2, 0.25) is 0 Å². The molecule has 2 amide bonds. The van der Waals surface area contributed by atoms with Crippen LogP contribution in [0, 0.1) is 0 Å². The average molecular weight is 258 g/mol. The lowest BCUT2D eigenvalue weighted by molar-refractivity contribution is -0.127. The largest absolute Gasteiger partial charge is 0.358 e. The van der Waals surface area contributed by atoms with E-state index in [2.05, 4.69) is 16.0 Å². The van der Waals surface area contributed by atoms with Crippen LogP contribution in [-0.4, -0.2) is 43.9 Å². The molecule has 1 aliphatic heterocycles. The lowest BCUT2D eigenvalue weighted by atomic mass is 10.2. The minimum absolute atomic E-state index is 0. The van der Waals surface area contributed by atoms with E-state index in [4.69, 9.17) is 0 Å². The van der Waals surface area contributed by atoms with E-state index in [1.54, 1.807) is 0 Å². The summed E-state index contributed by atoms with van der Waals surface area (Å²) in [4.78, 5) is 22.0. The van der Waals surface area contributed by atoms with Crippen LogP contribution in [0.1, 0.15) is 6.42 Å². The SMILES string of the molecule is CNC(=O)CNC(=O)C1CC(F)(F)CN1.Cl. The molecule has 0 bridgehead atoms. The van der Waals surface area contributed by atoms with Crippen LogP contribution in [0.3, 0.4) is 0 Å². The van der Waals surface area contributed by atoms with Gasteiger partial charge in [0, 0.05) is 13.5 Å². The molecule has 5 nitrogen and oxygen atoms in total. The predicted octanol–water partition coefficient (Wildman–Crippen LogP) is -0.732. The number of carbonyl (C=O) groups is 2. The third-order valence-electron chi connectivity index (χ3n) is 2.13. The van der Waals surface area contributed by atoms with Gasteiger partial charge in [0.15, 0.2) is 0 Å². The minimum atomic E-state index is -2.84. The number of amides is 2. The van der Waals surface area contributed by atoms with Gasteiger partial charge in [0.25, 0.3) is 5.92 Å². The van der Waals surface area contributed by atoms with Gasteiger partial charge in [-0.2, -0.15) is 0 Å². The van der Waals surface area contributed by atoms with Crippen molar-refractivity contribution in [3.8, 4) is 0 Å². The number of nitrogens with one attached hydrogen (secondary N) is 3. The van der Waals surface area contributed by atoms with Crippen LogP contribution in [0.25, 0.3) is 0 Å². The molecule has 0 aromatic heterocycles. The Morgan fingerprint density at radius 3 is 2.56 bits per heavy atom. The molecule has 16 heavy (non-hydrogen) atoms. The fraction of sp³-hybridized carbons (Fsp3) is 0.750. The van der Waals surface area contributed by atoms with Crippen molar-refractivity contribution in [2.75, 3.05) is 20.1 Å². The first-order valence-corrected chi connectivity index (χ1v) is 4.54. The molecule has 0 spiro atoms. The van der Waals surface area contributed by atoms with Crippen LogP contribution in [0.15, 0.2) is 0 Å². The number of rotatable bonds is 3. The zero-order valence-corrected chi connectivity index (χ0v) is 9.50. The standard InChI is InChI=1S/C8H13F2N3O2.ClH/c1-11-6(14)3-12-7(15)5-2-8(9,10)4-13-5;/h5,13H,2-4H2,1H3,(H,11,14)(H,12,15);1H. The number of carbonyl (C=O) groups excluding carboxylic acids is 2. The summed E-state index contributed by atoms with van der Waals surface area (Å²) in [5.41, 5.74) is 0. The lowest BCUT2D eigenvalue weighted by Crippen LogP contribution is -2.44. The number of likely N-dealkylation sites (N-methyl/N-ethyl adjacent to an activating group) is 1. The second-order valence-electron chi connectivity index (χ2n) is 3.38. The molecule has 0 aromatic rings. The van der Waals surface area contributed by atoms with E-state index < -0.39 is 30.8 Å². The maximum atomic E-state index is 12.7. The van der Waals surface area contributed by atoms with Gasteiger partial charge < -0.3 is 10.6 Å². The average Bonchev–Trinajstić information content (AvgIpc) is 2.54. The highest BCUT2D eigenvalue weighted by Crippen LogP contribution is 2.24. The van der Waals surface area contributed by atoms with Crippen molar-refractivity contribution >= 4 is 24.2 Å². The third-order valence-corrected chi connectivity index (χ3v) is 2.13. The van der Waals surface area contributed by atoms with E-state index in [0.717, 1.165) is 0 Å². The molecular formula is C8H14ClF2N3O2. The smallest absolute Gasteiger partial charge is 0.262 e. The molecule has 1 rings (SSSR count). The number of hydrogen-bond acceptors (Lipinski definition) is 3. The monoisotopic (exact) mass is 257 g/mol. The Labute approximate surface area is 97.7 Å². The van der Waals surface area contributed by atoms with Crippen LogP contribution in [0.4, 0.5) is 8.78 Å². The molecule has 1 aliphatic rings. The van der Waals surface area contributed by atoms with E-state index in [9.17, 15) is 18.4 Å². The fourth-order valence-corrected chi connectivity index (χ4v) is 1.28. The van der Waals surface area contributed by atoms with Crippen molar-refractivity contribution in [3.05, 3.63) is 0 Å². The van der Waals surface area contributed by atoms with E-state index in [1.807, 2.05) is 0 Å². The first-order chi connectivity index (χ1) is 6.94. The highest BCUT2D eigenvalue weighted by molar-refractivity contribution is 5.87. The fourth-order valence-electron chi connectivity index (χ4n) is 1.28. The Morgan fingerprint density at radius 2 is 2.12 bits per heavy atom. The van der Waals surface area contributed by atoms with Gasteiger partial charge in [-0.3, -0.25) is 14.9 Å². The van der Waals surface area contributed by atoms with Gasteiger partial charge in [-0.15, -0.1) is 12.4 Å². The summed E-state index contributed by atoms with van der Waals surface area (Å²) < 4.78 is 25.4. The van der Waals surface area contributed by atoms with Crippen LogP contribution >= 0.6 is 12.4 Å². The van der Waals surface area contributed by atoms with Crippen molar-refractivity contribution in [1.29, 1.82) is 0 Å². The van der Waals surface area contributed by atoms with Gasteiger partial charge in [-0.05, 0) is 0 Å². The zero-order chi connectivity index (χ0) is 11.5. The summed E-state index contributed by atoms with van der Waals surface area (Å²) in [5, 5.41) is 6.97. The molecule has 8 heteroatoms. The van der Waals surface area contributed by atoms with Crippen LogP contribution in [0.5, 0.6) is 0 Å². The van der Waals surface area contributed by atoms with Crippen molar-refractivity contribution in [2.24, 2.45) is 0 Å². The molecule has 0 aromatic carbocycles. The third kappa shape index (κ3) is 4.28. The van der Waals surface area contributed by atoms with Gasteiger partial charge in [-0.1, -0.05) is 0 Å². The Balaban J connectivity index is 0.00000225. The number of halogens is 3. The quantitative estimate of drug-likeness (QED) is 0.624. The first kappa shape index (κ1) is 15.0. The van der Waals surface area contributed by atoms with Gasteiger partial charge in [0.1, 0.15) is 0 Å². The predicted molar refractivity (Wildman–Crippen MR) is 55.7 cm³/mol. The summed E-state index contributed by atoms with van der Waals surface area (Å²) >= 11 is 0. The molecule has 1 fully saturated rings. The topological polar surface area (TPSA) is 70.2 Å². The van der Waals surface area contributed by atoms with Crippen molar-refractivity contribution in [2.45, 2.75) is 18.4 Å². The van der Waals surface area contributed by atoms with E-state index in [1.165, 1.54) is 7.05 Å². The second kappa shape index (κ2) is 5.95.